The molecule has 0 aliphatic carbocycles. The van der Waals surface area contributed by atoms with Crippen molar-refractivity contribution >= 4 is 5.97 Å². The Balaban J connectivity index is 2.30. The highest BCUT2D eigenvalue weighted by atomic mass is 16.5. The molecule has 1 rings (SSSR count). The van der Waals surface area contributed by atoms with Gasteiger partial charge in [-0.25, -0.2) is 0 Å². The maximum absolute atomic E-state index is 10.4. The highest BCUT2D eigenvalue weighted by Gasteiger charge is 2.35. The van der Waals surface area contributed by atoms with E-state index in [4.69, 9.17) is 9.84 Å². The highest BCUT2D eigenvalue weighted by molar-refractivity contribution is 5.66. The smallest absolute Gasteiger partial charge is 0.303 e. The Morgan fingerprint density at radius 1 is 1.23 bits per heavy atom. The van der Waals surface area contributed by atoms with Crippen molar-refractivity contribution in [2.45, 2.75) is 95.2 Å². The van der Waals surface area contributed by atoms with Crippen molar-refractivity contribution in [1.29, 1.82) is 0 Å². The third-order valence-electron chi connectivity index (χ3n) is 4.55. The SMILES string of the molecule is CCCCC[C@@H](O)/C=C/[C@H]1O[C@H]([C@@H](O)C/C=C\CCCC(=O)O)C[C@H]1O. The van der Waals surface area contributed by atoms with Crippen LogP contribution in [0.2, 0.25) is 0 Å². The molecule has 0 bridgehead atoms. The maximum atomic E-state index is 10.4. The number of aliphatic carboxylic acids is 1. The first-order valence-corrected chi connectivity index (χ1v) is 9.68. The average Bonchev–Trinajstić information content (AvgIpc) is 2.97. The molecule has 0 spiro atoms. The van der Waals surface area contributed by atoms with Crippen molar-refractivity contribution in [3.63, 3.8) is 0 Å². The van der Waals surface area contributed by atoms with Gasteiger partial charge in [0.2, 0.25) is 0 Å². The Bertz CT molecular complexity index is 448. The van der Waals surface area contributed by atoms with E-state index in [1.807, 2.05) is 12.2 Å². The lowest BCUT2D eigenvalue weighted by atomic mass is 10.0. The molecule has 5 atom stereocenters. The van der Waals surface area contributed by atoms with Crippen LogP contribution < -0.4 is 0 Å². The van der Waals surface area contributed by atoms with Crippen LogP contribution in [-0.2, 0) is 9.53 Å². The lowest BCUT2D eigenvalue weighted by Crippen LogP contribution is -2.25. The molecular formula is C20H34O6. The minimum absolute atomic E-state index is 0.142. The Morgan fingerprint density at radius 3 is 2.69 bits per heavy atom. The fourth-order valence-corrected chi connectivity index (χ4v) is 2.96. The van der Waals surface area contributed by atoms with Gasteiger partial charge in [0.25, 0.3) is 0 Å². The molecule has 0 aromatic heterocycles. The summed E-state index contributed by atoms with van der Waals surface area (Å²) in [4.78, 5) is 10.4. The van der Waals surface area contributed by atoms with Crippen molar-refractivity contribution in [3.05, 3.63) is 24.3 Å². The van der Waals surface area contributed by atoms with Crippen LogP contribution in [0.15, 0.2) is 24.3 Å². The van der Waals surface area contributed by atoms with E-state index in [9.17, 15) is 20.1 Å². The third kappa shape index (κ3) is 9.48. The maximum Gasteiger partial charge on any atom is 0.303 e. The Hall–Kier alpha value is -1.21. The summed E-state index contributed by atoms with van der Waals surface area (Å²) in [6, 6.07) is 0. The Morgan fingerprint density at radius 2 is 2.00 bits per heavy atom. The molecule has 1 fully saturated rings. The normalized spacial score (nSPS) is 25.9. The number of rotatable bonds is 13. The van der Waals surface area contributed by atoms with Gasteiger partial charge in [-0.05, 0) is 25.7 Å². The van der Waals surface area contributed by atoms with Gasteiger partial charge in [0.15, 0.2) is 0 Å². The van der Waals surface area contributed by atoms with E-state index in [1.54, 1.807) is 12.2 Å². The van der Waals surface area contributed by atoms with Gasteiger partial charge in [0.1, 0.15) is 6.10 Å². The topological polar surface area (TPSA) is 107 Å². The van der Waals surface area contributed by atoms with Gasteiger partial charge in [-0.3, -0.25) is 4.79 Å². The van der Waals surface area contributed by atoms with Crippen LogP contribution in [0.4, 0.5) is 0 Å². The number of allylic oxidation sites excluding steroid dienone is 1. The van der Waals surface area contributed by atoms with Crippen molar-refractivity contribution < 1.29 is 30.0 Å². The molecule has 1 aliphatic heterocycles. The number of ether oxygens (including phenoxy) is 1. The first-order valence-electron chi connectivity index (χ1n) is 9.68. The van der Waals surface area contributed by atoms with Crippen molar-refractivity contribution in [2.75, 3.05) is 0 Å². The number of unbranched alkanes of at least 4 members (excludes halogenated alkanes) is 3. The van der Waals surface area contributed by atoms with Crippen LogP contribution in [0.3, 0.4) is 0 Å². The number of carbonyl (C=O) groups is 1. The zero-order chi connectivity index (χ0) is 19.4. The van der Waals surface area contributed by atoms with Crippen LogP contribution >= 0.6 is 0 Å². The number of hydrogen-bond donors (Lipinski definition) is 4. The van der Waals surface area contributed by atoms with Crippen molar-refractivity contribution in [3.8, 4) is 0 Å². The molecule has 1 saturated heterocycles. The second-order valence-corrected chi connectivity index (χ2v) is 6.95. The van der Waals surface area contributed by atoms with Gasteiger partial charge in [-0.15, -0.1) is 0 Å². The monoisotopic (exact) mass is 370 g/mol. The molecule has 6 nitrogen and oxygen atoms in total. The largest absolute Gasteiger partial charge is 0.481 e. The fourth-order valence-electron chi connectivity index (χ4n) is 2.96. The number of carboxylic acids is 1. The molecule has 6 heteroatoms. The predicted molar refractivity (Wildman–Crippen MR) is 99.8 cm³/mol. The van der Waals surface area contributed by atoms with E-state index in [0.29, 0.717) is 32.1 Å². The van der Waals surface area contributed by atoms with E-state index < -0.39 is 36.5 Å². The van der Waals surface area contributed by atoms with Crippen LogP contribution in [0, 0.1) is 0 Å². The summed E-state index contributed by atoms with van der Waals surface area (Å²) in [7, 11) is 0. The second-order valence-electron chi connectivity index (χ2n) is 6.95. The summed E-state index contributed by atoms with van der Waals surface area (Å²) in [5.41, 5.74) is 0. The zero-order valence-electron chi connectivity index (χ0n) is 15.7. The molecule has 0 saturated carbocycles. The molecule has 1 heterocycles. The summed E-state index contributed by atoms with van der Waals surface area (Å²) in [5, 5.41) is 38.7. The number of hydrogen-bond acceptors (Lipinski definition) is 5. The van der Waals surface area contributed by atoms with Gasteiger partial charge in [0.05, 0.1) is 24.4 Å². The molecule has 0 aromatic rings. The lowest BCUT2D eigenvalue weighted by Gasteiger charge is -2.16. The van der Waals surface area contributed by atoms with Crippen LogP contribution in [0.5, 0.6) is 0 Å². The Kier molecular flexibility index (Phi) is 11.4. The van der Waals surface area contributed by atoms with E-state index in [1.165, 1.54) is 0 Å². The van der Waals surface area contributed by atoms with Gasteiger partial charge < -0.3 is 25.2 Å². The fraction of sp³-hybridized carbons (Fsp3) is 0.750. The molecule has 4 N–H and O–H groups in total. The molecule has 26 heavy (non-hydrogen) atoms. The first-order chi connectivity index (χ1) is 12.4. The summed E-state index contributed by atoms with van der Waals surface area (Å²) in [6.45, 7) is 2.11. The van der Waals surface area contributed by atoms with E-state index in [0.717, 1.165) is 19.3 Å². The predicted octanol–water partition coefficient (Wildman–Crippen LogP) is 2.56. The second kappa shape index (κ2) is 13.0. The number of carboxylic acid groups (broad SMARTS) is 1. The molecular weight excluding hydrogens is 336 g/mol. The lowest BCUT2D eigenvalue weighted by molar-refractivity contribution is -0.137. The van der Waals surface area contributed by atoms with Gasteiger partial charge in [0, 0.05) is 12.8 Å². The van der Waals surface area contributed by atoms with E-state index in [2.05, 4.69) is 6.92 Å². The molecule has 150 valence electrons. The highest BCUT2D eigenvalue weighted by Crippen LogP contribution is 2.25. The third-order valence-corrected chi connectivity index (χ3v) is 4.55. The Labute approximate surface area is 156 Å². The zero-order valence-corrected chi connectivity index (χ0v) is 15.7. The van der Waals surface area contributed by atoms with Gasteiger partial charge in [-0.2, -0.15) is 0 Å². The van der Waals surface area contributed by atoms with Crippen molar-refractivity contribution in [1.82, 2.24) is 0 Å². The number of aliphatic hydroxyl groups is 3. The standard InChI is InChI=1S/C20H34O6/c1-2-3-6-9-15(21)12-13-18-17(23)14-19(26-18)16(22)10-7-4-5-8-11-20(24)25/h4,7,12-13,15-19,21-23H,2-3,5-6,8-11,14H2,1H3,(H,24,25)/b7-4-,13-12+/t15-,16+,17-,18-,19+/m1/s1. The molecule has 0 unspecified atom stereocenters. The van der Waals surface area contributed by atoms with Gasteiger partial charge >= 0.3 is 5.97 Å². The average molecular weight is 370 g/mol. The first kappa shape index (κ1) is 22.8. The molecule has 0 radical (unpaired) electrons. The summed E-state index contributed by atoms with van der Waals surface area (Å²) < 4.78 is 5.71. The molecule has 0 aromatic carbocycles. The molecule has 1 aliphatic rings. The van der Waals surface area contributed by atoms with E-state index in [-0.39, 0.29) is 6.42 Å². The minimum Gasteiger partial charge on any atom is -0.481 e. The van der Waals surface area contributed by atoms with Crippen molar-refractivity contribution in [2.24, 2.45) is 0 Å². The molecule has 0 amide bonds. The van der Waals surface area contributed by atoms with Crippen LogP contribution in [0.25, 0.3) is 0 Å². The summed E-state index contributed by atoms with van der Waals surface area (Å²) >= 11 is 0. The number of aliphatic hydroxyl groups excluding tert-OH is 3. The quantitative estimate of drug-likeness (QED) is 0.293. The summed E-state index contributed by atoms with van der Waals surface area (Å²) in [5.74, 6) is -0.804. The van der Waals surface area contributed by atoms with E-state index >= 15 is 0 Å². The minimum atomic E-state index is -0.804. The van der Waals surface area contributed by atoms with Gasteiger partial charge in [-0.1, -0.05) is 50.5 Å². The van der Waals surface area contributed by atoms with Crippen LogP contribution in [0.1, 0.15) is 64.7 Å². The summed E-state index contributed by atoms with van der Waals surface area (Å²) in [6.07, 6.45) is 10.2. The van der Waals surface area contributed by atoms with Crippen LogP contribution in [-0.4, -0.2) is 56.9 Å².